The summed E-state index contributed by atoms with van der Waals surface area (Å²) in [6.07, 6.45) is 3.63. The molecule has 0 unspecified atom stereocenters. The summed E-state index contributed by atoms with van der Waals surface area (Å²) in [6, 6.07) is 9.81. The van der Waals surface area contributed by atoms with Gasteiger partial charge in [-0.15, -0.1) is 5.06 Å². The summed E-state index contributed by atoms with van der Waals surface area (Å²) in [7, 11) is 0. The minimum Gasteiger partial charge on any atom is -0.368 e. The zero-order valence-electron chi connectivity index (χ0n) is 16.3. The molecule has 4 heterocycles. The van der Waals surface area contributed by atoms with Crippen molar-refractivity contribution in [3.05, 3.63) is 48.3 Å². The topological polar surface area (TPSA) is 83.5 Å². The van der Waals surface area contributed by atoms with Gasteiger partial charge in [-0.25, -0.2) is 15.0 Å². The van der Waals surface area contributed by atoms with Crippen molar-refractivity contribution >= 4 is 34.1 Å². The first kappa shape index (κ1) is 19.3. The van der Waals surface area contributed by atoms with Crippen molar-refractivity contribution in [3.8, 4) is 10.6 Å². The molecule has 4 rings (SSSR count). The highest BCUT2D eigenvalue weighted by molar-refractivity contribution is 7.18. The van der Waals surface area contributed by atoms with Gasteiger partial charge in [-0.2, -0.15) is 0 Å². The second-order valence-electron chi connectivity index (χ2n) is 6.76. The Morgan fingerprint density at radius 2 is 1.97 bits per heavy atom. The summed E-state index contributed by atoms with van der Waals surface area (Å²) in [6.45, 7) is 6.29. The predicted octanol–water partition coefficient (Wildman–Crippen LogP) is 3.25. The Hall–Kier alpha value is -3.04. The third-order valence-corrected chi connectivity index (χ3v) is 5.51. The Labute approximate surface area is 173 Å². The van der Waals surface area contributed by atoms with Crippen LogP contribution in [0.4, 0.5) is 16.8 Å². The third kappa shape index (κ3) is 4.87. The minimum absolute atomic E-state index is 0.282. The number of aromatic nitrogens is 3. The molecule has 0 aromatic carbocycles. The van der Waals surface area contributed by atoms with E-state index < -0.39 is 0 Å². The Kier molecular flexibility index (Phi) is 5.68. The van der Waals surface area contributed by atoms with Crippen LogP contribution in [-0.2, 0) is 9.63 Å². The molecule has 150 valence electrons. The lowest BCUT2D eigenvalue weighted by Crippen LogP contribution is -2.46. The molecule has 3 aromatic rings. The van der Waals surface area contributed by atoms with Gasteiger partial charge >= 0.3 is 5.97 Å². The average Bonchev–Trinajstić information content (AvgIpc) is 3.19. The molecule has 1 fully saturated rings. The van der Waals surface area contributed by atoms with Crippen LogP contribution in [0, 0.1) is 6.92 Å². The van der Waals surface area contributed by atoms with E-state index in [1.165, 1.54) is 6.92 Å². The van der Waals surface area contributed by atoms with E-state index in [0.717, 1.165) is 46.0 Å². The van der Waals surface area contributed by atoms with Gasteiger partial charge in [-0.05, 0) is 36.8 Å². The van der Waals surface area contributed by atoms with E-state index in [1.807, 2.05) is 43.5 Å². The van der Waals surface area contributed by atoms with Crippen LogP contribution < -0.4 is 10.2 Å². The van der Waals surface area contributed by atoms with Crippen LogP contribution in [-0.4, -0.2) is 52.2 Å². The quantitative estimate of drug-likeness (QED) is 0.686. The lowest BCUT2D eigenvalue weighted by atomic mass is 10.3. The summed E-state index contributed by atoms with van der Waals surface area (Å²) < 4.78 is 0. The highest BCUT2D eigenvalue weighted by Crippen LogP contribution is 2.31. The standard InChI is InChI=1S/C20H22N6O2S/c1-14-6-7-21-19(12-14)24-18-5-3-4-16(23-18)17-13-22-20(29-17)25-8-10-26(11-9-25)28-15(2)27/h3-7,12-13H,8-11H2,1-2H3,(H,21,23,24). The largest absolute Gasteiger partial charge is 0.368 e. The Morgan fingerprint density at radius 3 is 2.72 bits per heavy atom. The molecule has 9 heteroatoms. The normalized spacial score (nSPS) is 14.6. The molecule has 0 spiro atoms. The van der Waals surface area contributed by atoms with Crippen LogP contribution >= 0.6 is 11.3 Å². The van der Waals surface area contributed by atoms with Crippen molar-refractivity contribution in [2.24, 2.45) is 0 Å². The van der Waals surface area contributed by atoms with Crippen LogP contribution in [0.25, 0.3) is 10.6 Å². The monoisotopic (exact) mass is 410 g/mol. The molecule has 0 amide bonds. The lowest BCUT2D eigenvalue weighted by Gasteiger charge is -2.32. The van der Waals surface area contributed by atoms with Crippen LogP contribution in [0.3, 0.4) is 0 Å². The van der Waals surface area contributed by atoms with Crippen molar-refractivity contribution < 1.29 is 9.63 Å². The fraction of sp³-hybridized carbons (Fsp3) is 0.300. The number of anilines is 3. The molecule has 0 saturated carbocycles. The van der Waals surface area contributed by atoms with E-state index in [-0.39, 0.29) is 5.97 Å². The molecule has 0 bridgehead atoms. The van der Waals surface area contributed by atoms with Gasteiger partial charge in [0.2, 0.25) is 0 Å². The number of hydroxylamine groups is 2. The molecule has 29 heavy (non-hydrogen) atoms. The van der Waals surface area contributed by atoms with E-state index in [2.05, 4.69) is 20.2 Å². The summed E-state index contributed by atoms with van der Waals surface area (Å²) in [4.78, 5) is 33.0. The first-order chi connectivity index (χ1) is 14.1. The Bertz CT molecular complexity index is 1000. The molecule has 1 aliphatic heterocycles. The van der Waals surface area contributed by atoms with E-state index in [1.54, 1.807) is 22.6 Å². The van der Waals surface area contributed by atoms with Crippen LogP contribution in [0.2, 0.25) is 0 Å². The highest BCUT2D eigenvalue weighted by atomic mass is 32.1. The van der Waals surface area contributed by atoms with Gasteiger partial charge in [-0.1, -0.05) is 17.4 Å². The lowest BCUT2D eigenvalue weighted by molar-refractivity contribution is -0.188. The number of pyridine rings is 2. The molecule has 3 aromatic heterocycles. The van der Waals surface area contributed by atoms with Gasteiger partial charge < -0.3 is 15.1 Å². The molecule has 1 N–H and O–H groups in total. The predicted molar refractivity (Wildman–Crippen MR) is 113 cm³/mol. The third-order valence-electron chi connectivity index (χ3n) is 4.43. The highest BCUT2D eigenvalue weighted by Gasteiger charge is 2.21. The first-order valence-electron chi connectivity index (χ1n) is 9.38. The summed E-state index contributed by atoms with van der Waals surface area (Å²) in [5, 5.41) is 5.90. The van der Waals surface area contributed by atoms with Gasteiger partial charge in [0, 0.05) is 32.4 Å². The summed E-state index contributed by atoms with van der Waals surface area (Å²) in [5.41, 5.74) is 2.00. The number of aryl methyl sites for hydroxylation is 1. The van der Waals surface area contributed by atoms with Crippen molar-refractivity contribution in [2.45, 2.75) is 13.8 Å². The number of nitrogens with one attached hydrogen (secondary N) is 1. The van der Waals surface area contributed by atoms with E-state index >= 15 is 0 Å². The van der Waals surface area contributed by atoms with E-state index in [4.69, 9.17) is 9.82 Å². The molecular formula is C20H22N6O2S. The number of carbonyl (C=O) groups is 1. The minimum atomic E-state index is -0.282. The number of hydrogen-bond donors (Lipinski definition) is 1. The number of carbonyl (C=O) groups excluding carboxylic acids is 1. The fourth-order valence-corrected chi connectivity index (χ4v) is 4.00. The maximum Gasteiger partial charge on any atom is 0.322 e. The van der Waals surface area contributed by atoms with Crippen LogP contribution in [0.1, 0.15) is 12.5 Å². The average molecular weight is 411 g/mol. The SMILES string of the molecule is CC(=O)ON1CCN(c2ncc(-c3cccc(Nc4cc(C)ccn4)n3)s2)CC1. The van der Waals surface area contributed by atoms with Crippen molar-refractivity contribution in [2.75, 3.05) is 36.4 Å². The smallest absolute Gasteiger partial charge is 0.322 e. The van der Waals surface area contributed by atoms with Gasteiger partial charge in [0.15, 0.2) is 5.13 Å². The Morgan fingerprint density at radius 1 is 1.14 bits per heavy atom. The number of hydrogen-bond acceptors (Lipinski definition) is 9. The van der Waals surface area contributed by atoms with Gasteiger partial charge in [0.25, 0.3) is 0 Å². The number of piperazine rings is 1. The summed E-state index contributed by atoms with van der Waals surface area (Å²) in [5.74, 6) is 1.23. The molecule has 1 aliphatic rings. The van der Waals surface area contributed by atoms with Gasteiger partial charge in [0.05, 0.1) is 23.7 Å². The summed E-state index contributed by atoms with van der Waals surface area (Å²) >= 11 is 1.61. The van der Waals surface area contributed by atoms with Crippen molar-refractivity contribution in [1.29, 1.82) is 0 Å². The van der Waals surface area contributed by atoms with Gasteiger partial charge in [-0.3, -0.25) is 4.79 Å². The zero-order chi connectivity index (χ0) is 20.2. The second kappa shape index (κ2) is 8.54. The number of thiazole rings is 1. The van der Waals surface area contributed by atoms with Crippen molar-refractivity contribution in [1.82, 2.24) is 20.0 Å². The van der Waals surface area contributed by atoms with E-state index in [9.17, 15) is 4.79 Å². The van der Waals surface area contributed by atoms with Crippen molar-refractivity contribution in [3.63, 3.8) is 0 Å². The van der Waals surface area contributed by atoms with Gasteiger partial charge in [0.1, 0.15) is 11.6 Å². The molecular weight excluding hydrogens is 388 g/mol. The van der Waals surface area contributed by atoms with E-state index in [0.29, 0.717) is 13.1 Å². The van der Waals surface area contributed by atoms with Crippen LogP contribution in [0.15, 0.2) is 42.7 Å². The molecule has 0 atom stereocenters. The molecule has 1 saturated heterocycles. The molecule has 8 nitrogen and oxygen atoms in total. The first-order valence-corrected chi connectivity index (χ1v) is 10.2. The molecule has 0 aliphatic carbocycles. The maximum absolute atomic E-state index is 11.1. The zero-order valence-corrected chi connectivity index (χ0v) is 17.1. The maximum atomic E-state index is 11.1. The number of rotatable bonds is 5. The van der Waals surface area contributed by atoms with Crippen LogP contribution in [0.5, 0.6) is 0 Å². The fourth-order valence-electron chi connectivity index (χ4n) is 3.06. The Balaban J connectivity index is 1.44. The molecule has 0 radical (unpaired) electrons. The number of nitrogens with zero attached hydrogens (tertiary/aromatic N) is 5. The second-order valence-corrected chi connectivity index (χ2v) is 7.77.